The van der Waals surface area contributed by atoms with Crippen LogP contribution in [0, 0.1) is 5.92 Å². The molecule has 0 bridgehead atoms. The molecule has 1 aliphatic rings. The second-order valence-corrected chi connectivity index (χ2v) is 4.95. The van der Waals surface area contributed by atoms with Crippen LogP contribution >= 0.6 is 0 Å². The second-order valence-electron chi connectivity index (χ2n) is 4.95. The van der Waals surface area contributed by atoms with Gasteiger partial charge in [0.15, 0.2) is 0 Å². The molecule has 0 saturated carbocycles. The Hall–Kier alpha value is -1.72. The van der Waals surface area contributed by atoms with E-state index in [-0.39, 0.29) is 24.8 Å². The topological polar surface area (TPSA) is 74.8 Å². The van der Waals surface area contributed by atoms with Crippen molar-refractivity contribution in [3.8, 4) is 0 Å². The van der Waals surface area contributed by atoms with Gasteiger partial charge in [-0.1, -0.05) is 19.8 Å². The van der Waals surface area contributed by atoms with Gasteiger partial charge in [0.25, 0.3) is 0 Å². The first-order valence-electron chi connectivity index (χ1n) is 7.10. The van der Waals surface area contributed by atoms with Crippen LogP contribution < -0.4 is 0 Å². The van der Waals surface area contributed by atoms with Crippen LogP contribution in [0.15, 0.2) is 0 Å². The number of imide groups is 2. The predicted octanol–water partition coefficient (Wildman–Crippen LogP) is 0.947. The lowest BCUT2D eigenvalue weighted by Crippen LogP contribution is -2.43. The van der Waals surface area contributed by atoms with Crippen molar-refractivity contribution in [3.63, 3.8) is 0 Å². The Labute approximate surface area is 119 Å². The van der Waals surface area contributed by atoms with Crippen molar-refractivity contribution < 1.29 is 19.2 Å². The zero-order valence-corrected chi connectivity index (χ0v) is 12.3. The van der Waals surface area contributed by atoms with E-state index in [4.69, 9.17) is 0 Å². The SMILES string of the molecule is CCCCCN(C(C)=O)C(=O)C1CC(=O)N(CC)C1=O. The molecule has 1 heterocycles. The molecule has 1 saturated heterocycles. The molecule has 1 aliphatic heterocycles. The summed E-state index contributed by atoms with van der Waals surface area (Å²) in [6.45, 7) is 5.59. The van der Waals surface area contributed by atoms with E-state index < -0.39 is 17.7 Å². The van der Waals surface area contributed by atoms with Crippen molar-refractivity contribution in [2.24, 2.45) is 5.92 Å². The van der Waals surface area contributed by atoms with Crippen molar-refractivity contribution in [1.82, 2.24) is 9.80 Å². The molecule has 4 amide bonds. The Kier molecular flexibility index (Phi) is 5.85. The van der Waals surface area contributed by atoms with Gasteiger partial charge in [-0.05, 0) is 13.3 Å². The van der Waals surface area contributed by atoms with Crippen LogP contribution in [0.4, 0.5) is 0 Å². The molecule has 0 aromatic carbocycles. The summed E-state index contributed by atoms with van der Waals surface area (Å²) in [6, 6.07) is 0. The van der Waals surface area contributed by atoms with Gasteiger partial charge in [-0.15, -0.1) is 0 Å². The highest BCUT2D eigenvalue weighted by molar-refractivity contribution is 6.15. The fourth-order valence-electron chi connectivity index (χ4n) is 2.34. The number of rotatable bonds is 6. The van der Waals surface area contributed by atoms with Gasteiger partial charge in [0.05, 0.1) is 0 Å². The molecular formula is C14H22N2O4. The quantitative estimate of drug-likeness (QED) is 0.413. The standard InChI is InChI=1S/C14H22N2O4/c1-4-6-7-8-16(10(3)17)14(20)11-9-12(18)15(5-2)13(11)19/h11H,4-9H2,1-3H3. The lowest BCUT2D eigenvalue weighted by Gasteiger charge is -2.21. The molecule has 0 aliphatic carbocycles. The maximum Gasteiger partial charge on any atom is 0.242 e. The van der Waals surface area contributed by atoms with Crippen molar-refractivity contribution in [2.45, 2.75) is 46.5 Å². The summed E-state index contributed by atoms with van der Waals surface area (Å²) >= 11 is 0. The fourth-order valence-corrected chi connectivity index (χ4v) is 2.34. The Morgan fingerprint density at radius 1 is 1.25 bits per heavy atom. The first-order valence-corrected chi connectivity index (χ1v) is 7.10. The molecule has 0 aromatic heterocycles. The Morgan fingerprint density at radius 2 is 1.90 bits per heavy atom. The zero-order chi connectivity index (χ0) is 15.3. The minimum atomic E-state index is -1.02. The Balaban J connectivity index is 2.78. The summed E-state index contributed by atoms with van der Waals surface area (Å²) in [7, 11) is 0. The molecule has 0 radical (unpaired) electrons. The lowest BCUT2D eigenvalue weighted by molar-refractivity contribution is -0.149. The lowest BCUT2D eigenvalue weighted by atomic mass is 10.1. The molecule has 1 atom stereocenters. The van der Waals surface area contributed by atoms with Crippen LogP contribution in [0.5, 0.6) is 0 Å². The molecule has 0 spiro atoms. The molecule has 20 heavy (non-hydrogen) atoms. The third kappa shape index (κ3) is 3.43. The van der Waals surface area contributed by atoms with Crippen molar-refractivity contribution >= 4 is 23.6 Å². The van der Waals surface area contributed by atoms with E-state index in [1.54, 1.807) is 6.92 Å². The van der Waals surface area contributed by atoms with Crippen molar-refractivity contribution in [3.05, 3.63) is 0 Å². The van der Waals surface area contributed by atoms with Gasteiger partial charge in [-0.25, -0.2) is 0 Å². The van der Waals surface area contributed by atoms with Gasteiger partial charge in [0.2, 0.25) is 23.6 Å². The minimum absolute atomic E-state index is 0.122. The molecule has 1 fully saturated rings. The van der Waals surface area contributed by atoms with E-state index in [0.717, 1.165) is 22.6 Å². The highest BCUT2D eigenvalue weighted by Gasteiger charge is 2.44. The fraction of sp³-hybridized carbons (Fsp3) is 0.714. The van der Waals surface area contributed by atoms with Gasteiger partial charge in [-0.3, -0.25) is 29.0 Å². The van der Waals surface area contributed by atoms with Crippen LogP contribution in [0.25, 0.3) is 0 Å². The van der Waals surface area contributed by atoms with Crippen molar-refractivity contribution in [1.29, 1.82) is 0 Å². The summed E-state index contributed by atoms with van der Waals surface area (Å²) in [6.07, 6.45) is 2.48. The Bertz CT molecular complexity index is 419. The van der Waals surface area contributed by atoms with Gasteiger partial charge < -0.3 is 0 Å². The Morgan fingerprint density at radius 3 is 2.35 bits per heavy atom. The molecule has 6 nitrogen and oxygen atoms in total. The highest BCUT2D eigenvalue weighted by Crippen LogP contribution is 2.22. The van der Waals surface area contributed by atoms with E-state index >= 15 is 0 Å². The molecule has 1 unspecified atom stereocenters. The minimum Gasteiger partial charge on any atom is -0.282 e. The number of carbonyl (C=O) groups is 4. The van der Waals surface area contributed by atoms with Crippen LogP contribution in [0.3, 0.4) is 0 Å². The van der Waals surface area contributed by atoms with Crippen LogP contribution in [-0.2, 0) is 19.2 Å². The van der Waals surface area contributed by atoms with Gasteiger partial charge in [0, 0.05) is 26.4 Å². The van der Waals surface area contributed by atoms with Crippen molar-refractivity contribution in [2.75, 3.05) is 13.1 Å². The largest absolute Gasteiger partial charge is 0.282 e. The summed E-state index contributed by atoms with van der Waals surface area (Å²) in [5, 5.41) is 0. The van der Waals surface area contributed by atoms with E-state index in [1.165, 1.54) is 6.92 Å². The van der Waals surface area contributed by atoms with E-state index in [0.29, 0.717) is 13.0 Å². The average Bonchev–Trinajstić information content (AvgIpc) is 2.68. The number of carbonyl (C=O) groups excluding carboxylic acids is 4. The normalized spacial score (nSPS) is 18.6. The van der Waals surface area contributed by atoms with Crippen LogP contribution in [0.2, 0.25) is 0 Å². The number of unbranched alkanes of at least 4 members (excludes halogenated alkanes) is 2. The summed E-state index contributed by atoms with van der Waals surface area (Å²) in [5.74, 6) is -2.76. The van der Waals surface area contributed by atoms with E-state index in [1.807, 2.05) is 6.92 Å². The number of likely N-dealkylation sites (tertiary alicyclic amines) is 1. The molecule has 0 aromatic rings. The zero-order valence-electron chi connectivity index (χ0n) is 12.3. The molecule has 112 valence electrons. The summed E-state index contributed by atoms with van der Waals surface area (Å²) in [5.41, 5.74) is 0. The monoisotopic (exact) mass is 282 g/mol. The predicted molar refractivity (Wildman–Crippen MR) is 72.4 cm³/mol. The maximum absolute atomic E-state index is 12.3. The summed E-state index contributed by atoms with van der Waals surface area (Å²) < 4.78 is 0. The maximum atomic E-state index is 12.3. The first-order chi connectivity index (χ1) is 9.43. The molecule has 1 rings (SSSR count). The average molecular weight is 282 g/mol. The first kappa shape index (κ1) is 16.3. The number of hydrogen-bond acceptors (Lipinski definition) is 4. The summed E-state index contributed by atoms with van der Waals surface area (Å²) in [4.78, 5) is 49.7. The third-order valence-corrected chi connectivity index (χ3v) is 3.49. The smallest absolute Gasteiger partial charge is 0.242 e. The molecular weight excluding hydrogens is 260 g/mol. The van der Waals surface area contributed by atoms with E-state index in [2.05, 4.69) is 0 Å². The van der Waals surface area contributed by atoms with Gasteiger partial charge in [0.1, 0.15) is 5.92 Å². The highest BCUT2D eigenvalue weighted by atomic mass is 16.2. The van der Waals surface area contributed by atoms with E-state index in [9.17, 15) is 19.2 Å². The van der Waals surface area contributed by atoms with Gasteiger partial charge >= 0.3 is 0 Å². The molecule has 6 heteroatoms. The van der Waals surface area contributed by atoms with Crippen LogP contribution in [0.1, 0.15) is 46.5 Å². The van der Waals surface area contributed by atoms with Crippen LogP contribution in [-0.4, -0.2) is 46.5 Å². The molecule has 0 N–H and O–H groups in total. The second kappa shape index (κ2) is 7.17. The number of amides is 4. The number of nitrogens with zero attached hydrogens (tertiary/aromatic N) is 2. The number of hydrogen-bond donors (Lipinski definition) is 0. The third-order valence-electron chi connectivity index (χ3n) is 3.49. The van der Waals surface area contributed by atoms with Gasteiger partial charge in [-0.2, -0.15) is 0 Å².